The van der Waals surface area contributed by atoms with Crippen molar-refractivity contribution in [2.75, 3.05) is 37.8 Å². The number of carbonyl (C=O) groups excluding carboxylic acids is 4. The van der Waals surface area contributed by atoms with Crippen molar-refractivity contribution in [1.82, 2.24) is 9.80 Å². The summed E-state index contributed by atoms with van der Waals surface area (Å²) in [6, 6.07) is 12.0. The Morgan fingerprint density at radius 1 is 0.938 bits per heavy atom. The van der Waals surface area contributed by atoms with Gasteiger partial charge in [-0.1, -0.05) is 18.2 Å². The summed E-state index contributed by atoms with van der Waals surface area (Å²) < 4.78 is 10.3. The third-order valence-electron chi connectivity index (χ3n) is 5.25. The fourth-order valence-electron chi connectivity index (χ4n) is 3.49. The molecule has 10 nitrogen and oxygen atoms in total. The third kappa shape index (κ3) is 4.69. The zero-order chi connectivity index (χ0) is 22.5. The second kappa shape index (κ2) is 9.46. The van der Waals surface area contributed by atoms with E-state index in [9.17, 15) is 19.2 Å². The molecule has 32 heavy (non-hydrogen) atoms. The van der Waals surface area contributed by atoms with Gasteiger partial charge in [0.1, 0.15) is 5.71 Å². The Balaban J connectivity index is 1.28. The number of carbonyl (C=O) groups is 4. The molecule has 3 amide bonds. The van der Waals surface area contributed by atoms with E-state index in [1.54, 1.807) is 46.2 Å². The topological polar surface area (TPSA) is 113 Å². The van der Waals surface area contributed by atoms with E-state index in [0.29, 0.717) is 31.9 Å². The first-order valence-electron chi connectivity index (χ1n) is 10.3. The van der Waals surface area contributed by atoms with Gasteiger partial charge in [0.25, 0.3) is 11.8 Å². The normalized spacial score (nSPS) is 16.6. The van der Waals surface area contributed by atoms with Crippen LogP contribution < -0.4 is 5.01 Å². The summed E-state index contributed by atoms with van der Waals surface area (Å²) in [5.41, 5.74) is 0.649. The number of anilines is 1. The number of rotatable bonds is 5. The summed E-state index contributed by atoms with van der Waals surface area (Å²) in [5.74, 6) is -1.25. The van der Waals surface area contributed by atoms with Crippen molar-refractivity contribution in [3.63, 3.8) is 0 Å². The van der Waals surface area contributed by atoms with Crippen LogP contribution in [0.5, 0.6) is 0 Å². The molecule has 1 saturated heterocycles. The minimum atomic E-state index is -0.724. The summed E-state index contributed by atoms with van der Waals surface area (Å²) in [6.45, 7) is 0.962. The Hall–Kier alpha value is -3.95. The van der Waals surface area contributed by atoms with Crippen molar-refractivity contribution >= 4 is 35.1 Å². The van der Waals surface area contributed by atoms with Gasteiger partial charge in [0.05, 0.1) is 12.0 Å². The van der Waals surface area contributed by atoms with E-state index in [-0.39, 0.29) is 42.0 Å². The molecule has 3 heterocycles. The molecule has 0 spiro atoms. The number of hydrazone groups is 1. The van der Waals surface area contributed by atoms with Gasteiger partial charge in [0.15, 0.2) is 12.4 Å². The largest absolute Gasteiger partial charge is 0.459 e. The molecule has 0 saturated carbocycles. The van der Waals surface area contributed by atoms with Gasteiger partial charge in [0.2, 0.25) is 5.91 Å². The monoisotopic (exact) mass is 438 g/mol. The van der Waals surface area contributed by atoms with Crippen molar-refractivity contribution in [2.24, 2.45) is 5.10 Å². The molecule has 0 N–H and O–H groups in total. The van der Waals surface area contributed by atoms with E-state index in [1.165, 1.54) is 11.3 Å². The minimum absolute atomic E-state index is 0.0927. The Kier molecular flexibility index (Phi) is 6.29. The van der Waals surface area contributed by atoms with Gasteiger partial charge in [-0.05, 0) is 24.3 Å². The van der Waals surface area contributed by atoms with Crippen molar-refractivity contribution in [2.45, 2.75) is 12.8 Å². The molecule has 0 unspecified atom stereocenters. The van der Waals surface area contributed by atoms with E-state index in [0.717, 1.165) is 0 Å². The number of furan rings is 1. The van der Waals surface area contributed by atoms with Crippen LogP contribution in [0, 0.1) is 0 Å². The number of piperazine rings is 1. The fraction of sp³-hybridized carbons (Fsp3) is 0.318. The maximum atomic E-state index is 12.5. The van der Waals surface area contributed by atoms with E-state index < -0.39 is 12.6 Å². The Labute approximate surface area is 184 Å². The molecule has 10 heteroatoms. The zero-order valence-electron chi connectivity index (χ0n) is 17.3. The standard InChI is InChI=1S/C22H22N4O6/c27-19-9-8-17(23-26(19)16-5-2-1-3-6-16)22(30)32-15-20(28)24-10-12-25(13-11-24)21(29)18-7-4-14-31-18/h1-7,14H,8-13,15H2. The summed E-state index contributed by atoms with van der Waals surface area (Å²) in [5, 5.41) is 5.30. The van der Waals surface area contributed by atoms with Crippen molar-refractivity contribution < 1.29 is 28.3 Å². The van der Waals surface area contributed by atoms with Crippen LogP contribution in [0.25, 0.3) is 0 Å². The molecule has 0 aliphatic carbocycles. The molecule has 2 aromatic rings. The quantitative estimate of drug-likeness (QED) is 0.650. The highest BCUT2D eigenvalue weighted by molar-refractivity contribution is 6.38. The summed E-state index contributed by atoms with van der Waals surface area (Å²) in [4.78, 5) is 52.5. The van der Waals surface area contributed by atoms with Crippen LogP contribution in [0.1, 0.15) is 23.4 Å². The number of hydrogen-bond acceptors (Lipinski definition) is 7. The van der Waals surface area contributed by atoms with E-state index in [2.05, 4.69) is 5.10 Å². The average molecular weight is 438 g/mol. The maximum absolute atomic E-state index is 12.5. The number of amides is 3. The molecule has 0 atom stereocenters. The first kappa shape index (κ1) is 21.3. The lowest BCUT2D eigenvalue weighted by Crippen LogP contribution is -2.51. The van der Waals surface area contributed by atoms with Crippen molar-refractivity contribution in [3.8, 4) is 0 Å². The Bertz CT molecular complexity index is 1030. The molecular formula is C22H22N4O6. The molecule has 1 aromatic carbocycles. The van der Waals surface area contributed by atoms with Crippen LogP contribution in [0.4, 0.5) is 5.69 Å². The smallest absolute Gasteiger partial charge is 0.355 e. The van der Waals surface area contributed by atoms with Gasteiger partial charge in [-0.3, -0.25) is 14.4 Å². The van der Waals surface area contributed by atoms with Gasteiger partial charge < -0.3 is 19.0 Å². The summed E-state index contributed by atoms with van der Waals surface area (Å²) >= 11 is 0. The van der Waals surface area contributed by atoms with Gasteiger partial charge in [-0.2, -0.15) is 5.10 Å². The number of hydrogen-bond donors (Lipinski definition) is 0. The molecule has 166 valence electrons. The van der Waals surface area contributed by atoms with Gasteiger partial charge in [0, 0.05) is 39.0 Å². The van der Waals surface area contributed by atoms with E-state index in [4.69, 9.17) is 9.15 Å². The van der Waals surface area contributed by atoms with Crippen LogP contribution in [0.3, 0.4) is 0 Å². The lowest BCUT2D eigenvalue weighted by molar-refractivity contribution is -0.147. The highest BCUT2D eigenvalue weighted by Gasteiger charge is 2.29. The molecule has 0 radical (unpaired) electrons. The van der Waals surface area contributed by atoms with Crippen LogP contribution in [-0.2, 0) is 19.1 Å². The predicted octanol–water partition coefficient (Wildman–Crippen LogP) is 1.29. The highest BCUT2D eigenvalue weighted by atomic mass is 16.5. The molecular weight excluding hydrogens is 416 g/mol. The van der Waals surface area contributed by atoms with Crippen LogP contribution in [0.15, 0.2) is 58.2 Å². The zero-order valence-corrected chi connectivity index (χ0v) is 17.3. The Morgan fingerprint density at radius 2 is 1.66 bits per heavy atom. The maximum Gasteiger partial charge on any atom is 0.355 e. The second-order valence-electron chi connectivity index (χ2n) is 7.31. The molecule has 1 aromatic heterocycles. The van der Waals surface area contributed by atoms with E-state index in [1.807, 2.05) is 6.07 Å². The lowest BCUT2D eigenvalue weighted by atomic mass is 10.1. The first-order valence-corrected chi connectivity index (χ1v) is 10.3. The fourth-order valence-corrected chi connectivity index (χ4v) is 3.49. The molecule has 0 bridgehead atoms. The Morgan fingerprint density at radius 3 is 2.34 bits per heavy atom. The predicted molar refractivity (Wildman–Crippen MR) is 113 cm³/mol. The first-order chi connectivity index (χ1) is 15.5. The van der Waals surface area contributed by atoms with Crippen LogP contribution in [0.2, 0.25) is 0 Å². The SMILES string of the molecule is O=C(OCC(=O)N1CCN(C(=O)c2ccco2)CC1)C1=NN(c2ccccc2)C(=O)CC1. The molecule has 4 rings (SSSR count). The molecule has 1 fully saturated rings. The summed E-state index contributed by atoms with van der Waals surface area (Å²) in [7, 11) is 0. The minimum Gasteiger partial charge on any atom is -0.459 e. The van der Waals surface area contributed by atoms with Gasteiger partial charge in [-0.15, -0.1) is 0 Å². The van der Waals surface area contributed by atoms with Gasteiger partial charge >= 0.3 is 5.97 Å². The number of benzene rings is 1. The molecule has 2 aliphatic rings. The highest BCUT2D eigenvalue weighted by Crippen LogP contribution is 2.20. The van der Waals surface area contributed by atoms with Crippen LogP contribution in [-0.4, -0.2) is 72.0 Å². The number of nitrogens with zero attached hydrogens (tertiary/aromatic N) is 4. The van der Waals surface area contributed by atoms with Crippen molar-refractivity contribution in [1.29, 1.82) is 0 Å². The lowest BCUT2D eigenvalue weighted by Gasteiger charge is -2.34. The number of para-hydroxylation sites is 1. The summed E-state index contributed by atoms with van der Waals surface area (Å²) in [6.07, 6.45) is 1.72. The average Bonchev–Trinajstić information content (AvgIpc) is 3.38. The van der Waals surface area contributed by atoms with E-state index >= 15 is 0 Å². The molecule has 2 aliphatic heterocycles. The number of esters is 1. The second-order valence-corrected chi connectivity index (χ2v) is 7.31. The van der Waals surface area contributed by atoms with Gasteiger partial charge in [-0.25, -0.2) is 9.80 Å². The third-order valence-corrected chi connectivity index (χ3v) is 5.25. The van der Waals surface area contributed by atoms with Crippen molar-refractivity contribution in [3.05, 3.63) is 54.5 Å². The number of ether oxygens (including phenoxy) is 1. The van der Waals surface area contributed by atoms with Crippen LogP contribution >= 0.6 is 0 Å².